The number of benzene rings is 1. The molecular formula is C14H14N2O3. The van der Waals surface area contributed by atoms with Crippen LogP contribution in [-0.4, -0.2) is 21.0 Å². The summed E-state index contributed by atoms with van der Waals surface area (Å²) >= 11 is 0. The van der Waals surface area contributed by atoms with Crippen LogP contribution in [0.2, 0.25) is 0 Å². The standard InChI is InChI=1S/C14H14N2O3/c1-9-8-15-10(2)14(16-9)19-12-6-4-3-5-11(12)7-13(17)18/h3-6,8H,7H2,1-2H3,(H,17,18). The van der Waals surface area contributed by atoms with Gasteiger partial charge in [-0.15, -0.1) is 0 Å². The molecule has 1 N–H and O–H groups in total. The lowest BCUT2D eigenvalue weighted by Gasteiger charge is -2.10. The van der Waals surface area contributed by atoms with Crippen LogP contribution >= 0.6 is 0 Å². The van der Waals surface area contributed by atoms with E-state index in [1.807, 2.05) is 6.92 Å². The van der Waals surface area contributed by atoms with E-state index in [0.717, 1.165) is 5.69 Å². The van der Waals surface area contributed by atoms with Gasteiger partial charge in [-0.1, -0.05) is 18.2 Å². The Kier molecular flexibility index (Phi) is 3.75. The maximum absolute atomic E-state index is 10.8. The minimum Gasteiger partial charge on any atom is -0.481 e. The molecule has 0 aliphatic carbocycles. The Bertz CT molecular complexity index is 611. The van der Waals surface area contributed by atoms with Gasteiger partial charge in [-0.05, 0) is 19.9 Å². The smallest absolute Gasteiger partial charge is 0.307 e. The lowest BCUT2D eigenvalue weighted by atomic mass is 10.1. The molecule has 1 aromatic carbocycles. The largest absolute Gasteiger partial charge is 0.481 e. The highest BCUT2D eigenvalue weighted by Crippen LogP contribution is 2.25. The number of aryl methyl sites for hydroxylation is 2. The number of rotatable bonds is 4. The second kappa shape index (κ2) is 5.48. The second-order valence-corrected chi connectivity index (χ2v) is 4.18. The Morgan fingerprint density at radius 1 is 1.32 bits per heavy atom. The Morgan fingerprint density at radius 2 is 2.05 bits per heavy atom. The summed E-state index contributed by atoms with van der Waals surface area (Å²) in [7, 11) is 0. The maximum atomic E-state index is 10.8. The second-order valence-electron chi connectivity index (χ2n) is 4.18. The fraction of sp³-hybridized carbons (Fsp3) is 0.214. The predicted molar refractivity (Wildman–Crippen MR) is 69.4 cm³/mol. The van der Waals surface area contributed by atoms with Gasteiger partial charge in [0.1, 0.15) is 5.75 Å². The van der Waals surface area contributed by atoms with Gasteiger partial charge < -0.3 is 9.84 Å². The van der Waals surface area contributed by atoms with Crippen LogP contribution in [0.15, 0.2) is 30.5 Å². The van der Waals surface area contributed by atoms with Crippen molar-refractivity contribution in [2.45, 2.75) is 20.3 Å². The summed E-state index contributed by atoms with van der Waals surface area (Å²) < 4.78 is 5.69. The third-order valence-electron chi connectivity index (χ3n) is 2.55. The molecule has 2 aromatic rings. The Labute approximate surface area is 110 Å². The van der Waals surface area contributed by atoms with Crippen LogP contribution in [-0.2, 0) is 11.2 Å². The van der Waals surface area contributed by atoms with E-state index in [0.29, 0.717) is 22.9 Å². The van der Waals surface area contributed by atoms with Crippen LogP contribution in [0, 0.1) is 13.8 Å². The van der Waals surface area contributed by atoms with Gasteiger partial charge in [0.2, 0.25) is 5.88 Å². The molecule has 0 spiro atoms. The van der Waals surface area contributed by atoms with Gasteiger partial charge in [0.25, 0.3) is 0 Å². The average molecular weight is 258 g/mol. The number of nitrogens with zero attached hydrogens (tertiary/aromatic N) is 2. The summed E-state index contributed by atoms with van der Waals surface area (Å²) in [5, 5.41) is 8.87. The molecule has 0 amide bonds. The van der Waals surface area contributed by atoms with Crippen molar-refractivity contribution in [3.05, 3.63) is 47.4 Å². The minimum absolute atomic E-state index is 0.0888. The van der Waals surface area contributed by atoms with Gasteiger partial charge in [-0.2, -0.15) is 0 Å². The number of ether oxygens (including phenoxy) is 1. The molecule has 0 saturated carbocycles. The molecule has 5 heteroatoms. The van der Waals surface area contributed by atoms with Crippen molar-refractivity contribution in [2.24, 2.45) is 0 Å². The SMILES string of the molecule is Cc1cnc(C)c(Oc2ccccc2CC(=O)O)n1. The highest BCUT2D eigenvalue weighted by atomic mass is 16.5. The summed E-state index contributed by atoms with van der Waals surface area (Å²) in [6, 6.07) is 7.02. The fourth-order valence-corrected chi connectivity index (χ4v) is 1.63. The van der Waals surface area contributed by atoms with E-state index in [4.69, 9.17) is 9.84 Å². The van der Waals surface area contributed by atoms with Gasteiger partial charge >= 0.3 is 5.97 Å². The predicted octanol–water partition coefficient (Wildman–Crippen LogP) is 2.51. The van der Waals surface area contributed by atoms with Gasteiger partial charge in [0.15, 0.2) is 0 Å². The first-order chi connectivity index (χ1) is 9.06. The zero-order chi connectivity index (χ0) is 13.8. The molecule has 98 valence electrons. The molecule has 0 fully saturated rings. The van der Waals surface area contributed by atoms with E-state index >= 15 is 0 Å². The Balaban J connectivity index is 2.32. The minimum atomic E-state index is -0.900. The van der Waals surface area contributed by atoms with E-state index in [2.05, 4.69) is 9.97 Å². The Morgan fingerprint density at radius 3 is 2.79 bits per heavy atom. The summed E-state index contributed by atoms with van der Waals surface area (Å²) in [4.78, 5) is 19.2. The summed E-state index contributed by atoms with van der Waals surface area (Å²) in [5.74, 6) is -0.00571. The monoisotopic (exact) mass is 258 g/mol. The van der Waals surface area contributed by atoms with Gasteiger partial charge in [0.05, 0.1) is 17.8 Å². The topological polar surface area (TPSA) is 72.3 Å². The molecular weight excluding hydrogens is 244 g/mol. The van der Waals surface area contributed by atoms with Crippen molar-refractivity contribution in [2.75, 3.05) is 0 Å². The summed E-state index contributed by atoms with van der Waals surface area (Å²) in [6.45, 7) is 3.62. The molecule has 1 aromatic heterocycles. The van der Waals surface area contributed by atoms with Crippen LogP contribution in [0.1, 0.15) is 17.0 Å². The van der Waals surface area contributed by atoms with Crippen molar-refractivity contribution in [3.63, 3.8) is 0 Å². The number of aromatic nitrogens is 2. The average Bonchev–Trinajstić information content (AvgIpc) is 2.35. The molecule has 0 radical (unpaired) electrons. The van der Waals surface area contributed by atoms with Crippen molar-refractivity contribution >= 4 is 5.97 Å². The number of hydrogen-bond donors (Lipinski definition) is 1. The quantitative estimate of drug-likeness (QED) is 0.912. The molecule has 5 nitrogen and oxygen atoms in total. The first-order valence-electron chi connectivity index (χ1n) is 5.84. The van der Waals surface area contributed by atoms with E-state index in [9.17, 15) is 4.79 Å². The van der Waals surface area contributed by atoms with Crippen molar-refractivity contribution in [1.29, 1.82) is 0 Å². The molecule has 0 saturated heterocycles. The molecule has 1 heterocycles. The van der Waals surface area contributed by atoms with Crippen LogP contribution in [0.5, 0.6) is 11.6 Å². The lowest BCUT2D eigenvalue weighted by Crippen LogP contribution is -2.03. The normalized spacial score (nSPS) is 10.2. The van der Waals surface area contributed by atoms with E-state index in [1.165, 1.54) is 0 Å². The molecule has 0 atom stereocenters. The van der Waals surface area contributed by atoms with Gasteiger partial charge in [-0.3, -0.25) is 9.78 Å². The number of carbonyl (C=O) groups is 1. The third-order valence-corrected chi connectivity index (χ3v) is 2.55. The fourth-order valence-electron chi connectivity index (χ4n) is 1.63. The van der Waals surface area contributed by atoms with E-state index in [1.54, 1.807) is 37.4 Å². The molecule has 0 aliphatic rings. The first kappa shape index (κ1) is 13.0. The van der Waals surface area contributed by atoms with Crippen LogP contribution in [0.4, 0.5) is 0 Å². The molecule has 0 aliphatic heterocycles. The van der Waals surface area contributed by atoms with Crippen LogP contribution < -0.4 is 4.74 Å². The third kappa shape index (κ3) is 3.28. The van der Waals surface area contributed by atoms with E-state index in [-0.39, 0.29) is 6.42 Å². The van der Waals surface area contributed by atoms with Crippen molar-refractivity contribution < 1.29 is 14.6 Å². The van der Waals surface area contributed by atoms with Crippen LogP contribution in [0.3, 0.4) is 0 Å². The van der Waals surface area contributed by atoms with Crippen molar-refractivity contribution in [3.8, 4) is 11.6 Å². The number of carboxylic acids is 1. The highest BCUT2D eigenvalue weighted by Gasteiger charge is 2.11. The summed E-state index contributed by atoms with van der Waals surface area (Å²) in [5.41, 5.74) is 2.02. The number of hydrogen-bond acceptors (Lipinski definition) is 4. The zero-order valence-corrected chi connectivity index (χ0v) is 10.8. The Hall–Kier alpha value is -2.43. The molecule has 2 rings (SSSR count). The van der Waals surface area contributed by atoms with Crippen LogP contribution in [0.25, 0.3) is 0 Å². The first-order valence-corrected chi connectivity index (χ1v) is 5.84. The number of carboxylic acid groups (broad SMARTS) is 1. The zero-order valence-electron chi connectivity index (χ0n) is 10.8. The van der Waals surface area contributed by atoms with Gasteiger partial charge in [0, 0.05) is 11.8 Å². The maximum Gasteiger partial charge on any atom is 0.307 e. The summed E-state index contributed by atoms with van der Waals surface area (Å²) in [6.07, 6.45) is 1.57. The van der Waals surface area contributed by atoms with Gasteiger partial charge in [-0.25, -0.2) is 4.98 Å². The molecule has 0 unspecified atom stereocenters. The number of aliphatic carboxylic acids is 1. The van der Waals surface area contributed by atoms with E-state index < -0.39 is 5.97 Å². The lowest BCUT2D eigenvalue weighted by molar-refractivity contribution is -0.136. The van der Waals surface area contributed by atoms with Crippen molar-refractivity contribution in [1.82, 2.24) is 9.97 Å². The number of para-hydroxylation sites is 1. The molecule has 19 heavy (non-hydrogen) atoms. The highest BCUT2D eigenvalue weighted by molar-refractivity contribution is 5.71. The molecule has 0 bridgehead atoms.